The Balaban J connectivity index is 1.27. The highest BCUT2D eigenvalue weighted by Gasteiger charge is 2.47. The predicted octanol–water partition coefficient (Wildman–Crippen LogP) is 7.00. The Morgan fingerprint density at radius 2 is 1.73 bits per heavy atom. The molecule has 246 valence electrons. The number of aromatic carboxylic acids is 1. The molecule has 0 radical (unpaired) electrons. The first kappa shape index (κ1) is 33.2. The Kier molecular flexibility index (Phi) is 10.4. The number of alkyl halides is 1. The van der Waals surface area contributed by atoms with E-state index in [-0.39, 0.29) is 34.4 Å². The maximum Gasteiger partial charge on any atom is 0.407 e. The van der Waals surface area contributed by atoms with Crippen molar-refractivity contribution in [2.45, 2.75) is 103 Å². The second-order valence-electron chi connectivity index (χ2n) is 14.0. The number of halogens is 1. The van der Waals surface area contributed by atoms with Gasteiger partial charge >= 0.3 is 12.1 Å². The molecule has 11 heteroatoms. The molecule has 0 bridgehead atoms. The van der Waals surface area contributed by atoms with E-state index >= 15 is 0 Å². The van der Waals surface area contributed by atoms with E-state index in [0.717, 1.165) is 42.2 Å². The van der Waals surface area contributed by atoms with Gasteiger partial charge in [-0.25, -0.2) is 14.0 Å². The maximum absolute atomic E-state index is 14.0. The summed E-state index contributed by atoms with van der Waals surface area (Å²) in [4.78, 5) is 53.8. The minimum absolute atomic E-state index is 0.0109. The van der Waals surface area contributed by atoms with Crippen molar-refractivity contribution in [1.29, 1.82) is 0 Å². The molecule has 45 heavy (non-hydrogen) atoms. The fraction of sp³-hybridized carbons (Fsp3) is 0.647. The molecule has 1 saturated heterocycles. The molecule has 2 aliphatic carbocycles. The van der Waals surface area contributed by atoms with Crippen LogP contribution in [-0.2, 0) is 14.3 Å². The van der Waals surface area contributed by atoms with Crippen LogP contribution >= 0.6 is 11.3 Å². The molecule has 9 nitrogen and oxygen atoms in total. The Morgan fingerprint density at radius 3 is 2.38 bits per heavy atom. The molecular formula is C34H46FN3O6S. The zero-order chi connectivity index (χ0) is 32.3. The predicted molar refractivity (Wildman–Crippen MR) is 172 cm³/mol. The monoisotopic (exact) mass is 643 g/mol. The molecule has 5 rings (SSSR count). The summed E-state index contributed by atoms with van der Waals surface area (Å²) in [7, 11) is 0. The van der Waals surface area contributed by atoms with E-state index in [1.807, 2.05) is 6.07 Å². The molecule has 1 aromatic carbocycles. The lowest BCUT2D eigenvalue weighted by molar-refractivity contribution is -0.142. The molecule has 0 spiro atoms. The third kappa shape index (κ3) is 7.96. The highest BCUT2D eigenvalue weighted by Crippen LogP contribution is 2.41. The van der Waals surface area contributed by atoms with Crippen LogP contribution in [0.15, 0.2) is 24.3 Å². The van der Waals surface area contributed by atoms with Crippen LogP contribution in [0.5, 0.6) is 0 Å². The fourth-order valence-electron chi connectivity index (χ4n) is 7.64. The van der Waals surface area contributed by atoms with Crippen molar-refractivity contribution in [1.82, 2.24) is 10.2 Å². The van der Waals surface area contributed by atoms with Gasteiger partial charge in [-0.05, 0) is 100 Å². The highest BCUT2D eigenvalue weighted by atomic mass is 32.1. The lowest BCUT2D eigenvalue weighted by atomic mass is 9.76. The highest BCUT2D eigenvalue weighted by molar-refractivity contribution is 7.20. The number of hydrogen-bond acceptors (Lipinski definition) is 6. The standard InChI is InChI=1S/C34H46FN3O6S/c1-34(2,3)44-33(43)37-26(19-35)21-9-11-22(12-10-21)31(40)38-16-15-25(20-7-5-4-6-8-20)29(38)30(39)36-24-13-14-27-23(17-24)18-28(45-27)32(41)42/h13-14,17-18,20-22,25-26,29H,4-12,15-16,19H2,1-3H3,(H,36,39)(H,37,43)(H,41,42)/t21?,22?,25-,26+,29-/m0/s1. The number of carbonyl (C=O) groups excluding carboxylic acids is 3. The minimum atomic E-state index is -0.981. The fourth-order valence-corrected chi connectivity index (χ4v) is 8.52. The van der Waals surface area contributed by atoms with Crippen molar-refractivity contribution >= 4 is 51.0 Å². The molecular weight excluding hydrogens is 597 g/mol. The normalized spacial score (nSPS) is 25.1. The van der Waals surface area contributed by atoms with Crippen LogP contribution in [0.3, 0.4) is 0 Å². The molecule has 3 amide bonds. The summed E-state index contributed by atoms with van der Waals surface area (Å²) >= 11 is 1.19. The van der Waals surface area contributed by atoms with Gasteiger partial charge in [-0.15, -0.1) is 11.3 Å². The number of nitrogens with zero attached hydrogens (tertiary/aromatic N) is 1. The molecule has 2 saturated carbocycles. The van der Waals surface area contributed by atoms with Gasteiger partial charge in [0.25, 0.3) is 0 Å². The number of hydrogen-bond donors (Lipinski definition) is 3. The third-order valence-electron chi connectivity index (χ3n) is 9.80. The summed E-state index contributed by atoms with van der Waals surface area (Å²) < 4.78 is 20.1. The second kappa shape index (κ2) is 14.1. The first-order chi connectivity index (χ1) is 21.4. The van der Waals surface area contributed by atoms with Crippen LogP contribution in [0.1, 0.15) is 94.7 Å². The van der Waals surface area contributed by atoms with E-state index in [4.69, 9.17) is 4.74 Å². The summed E-state index contributed by atoms with van der Waals surface area (Å²) in [5.41, 5.74) is -0.0944. The molecule has 3 atom stereocenters. The van der Waals surface area contributed by atoms with Gasteiger partial charge in [-0.2, -0.15) is 0 Å². The van der Waals surface area contributed by atoms with Crippen molar-refractivity contribution in [2.24, 2.45) is 23.7 Å². The van der Waals surface area contributed by atoms with Crippen molar-refractivity contribution in [3.05, 3.63) is 29.1 Å². The third-order valence-corrected chi connectivity index (χ3v) is 10.9. The van der Waals surface area contributed by atoms with Gasteiger partial charge in [0.15, 0.2) is 0 Å². The van der Waals surface area contributed by atoms with Crippen LogP contribution in [0, 0.1) is 23.7 Å². The number of carboxylic acids is 1. The van der Waals surface area contributed by atoms with Crippen LogP contribution in [0.4, 0.5) is 14.9 Å². The number of amides is 3. The number of likely N-dealkylation sites (tertiary alicyclic amines) is 1. The van der Waals surface area contributed by atoms with Gasteiger partial charge < -0.3 is 25.4 Å². The largest absolute Gasteiger partial charge is 0.477 e. The number of fused-ring (bicyclic) bond motifs is 1. The van der Waals surface area contributed by atoms with Gasteiger partial charge in [0.05, 0.1) is 6.04 Å². The molecule has 1 aliphatic heterocycles. The lowest BCUT2D eigenvalue weighted by Crippen LogP contribution is -2.50. The number of nitrogens with one attached hydrogen (secondary N) is 2. The van der Waals surface area contributed by atoms with Crippen molar-refractivity contribution in [3.8, 4) is 0 Å². The van der Waals surface area contributed by atoms with E-state index in [9.17, 15) is 28.7 Å². The van der Waals surface area contributed by atoms with Crippen LogP contribution in [0.2, 0.25) is 0 Å². The molecule has 3 N–H and O–H groups in total. The van der Waals surface area contributed by atoms with Gasteiger partial charge in [-0.3, -0.25) is 9.59 Å². The molecule has 0 unspecified atom stereocenters. The zero-order valence-corrected chi connectivity index (χ0v) is 27.3. The second-order valence-corrected chi connectivity index (χ2v) is 15.1. The van der Waals surface area contributed by atoms with E-state index < -0.39 is 36.4 Å². The number of rotatable bonds is 8. The van der Waals surface area contributed by atoms with Crippen LogP contribution in [0.25, 0.3) is 10.1 Å². The van der Waals surface area contributed by atoms with Gasteiger partial charge in [0.2, 0.25) is 11.8 Å². The van der Waals surface area contributed by atoms with Gasteiger partial charge in [-0.1, -0.05) is 32.1 Å². The lowest BCUT2D eigenvalue weighted by Gasteiger charge is -2.37. The quantitative estimate of drug-likeness (QED) is 0.284. The number of ether oxygens (including phenoxy) is 1. The Bertz CT molecular complexity index is 1390. The first-order valence-electron chi connectivity index (χ1n) is 16.4. The molecule has 3 fully saturated rings. The van der Waals surface area contributed by atoms with Crippen LogP contribution in [-0.4, -0.2) is 64.8 Å². The summed E-state index contributed by atoms with van der Waals surface area (Å²) in [5.74, 6) is -1.05. The number of thiophene rings is 1. The summed E-state index contributed by atoms with van der Waals surface area (Å²) in [6.45, 7) is 5.12. The zero-order valence-electron chi connectivity index (χ0n) is 26.5. The van der Waals surface area contributed by atoms with Crippen molar-refractivity contribution in [3.63, 3.8) is 0 Å². The number of alkyl carbamates (subject to hydrolysis) is 1. The summed E-state index contributed by atoms with van der Waals surface area (Å²) in [5, 5.41) is 15.9. The SMILES string of the molecule is CC(C)(C)OC(=O)N[C@H](CF)C1CCC(C(=O)N2CC[C@@H](C3CCCCC3)[C@H]2C(=O)Nc2ccc3sc(C(=O)O)cc3c2)CC1. The van der Waals surface area contributed by atoms with E-state index in [1.54, 1.807) is 43.9 Å². The average molecular weight is 644 g/mol. The number of benzene rings is 1. The number of carboxylic acid groups (broad SMARTS) is 1. The Morgan fingerprint density at radius 1 is 1.02 bits per heavy atom. The molecule has 1 aromatic heterocycles. The summed E-state index contributed by atoms with van der Waals surface area (Å²) in [6, 6.07) is 5.77. The van der Waals surface area contributed by atoms with E-state index in [0.29, 0.717) is 43.8 Å². The van der Waals surface area contributed by atoms with Gasteiger partial charge in [0, 0.05) is 22.8 Å². The molecule has 2 heterocycles. The maximum atomic E-state index is 14.0. The smallest absolute Gasteiger partial charge is 0.407 e. The average Bonchev–Trinajstić information content (AvgIpc) is 3.64. The van der Waals surface area contributed by atoms with Crippen molar-refractivity contribution < 1.29 is 33.4 Å². The Hall–Kier alpha value is -3.21. The first-order valence-corrected chi connectivity index (χ1v) is 17.2. The minimum Gasteiger partial charge on any atom is -0.477 e. The summed E-state index contributed by atoms with van der Waals surface area (Å²) in [6.07, 6.45) is 8.14. The number of carbonyl (C=O) groups is 4. The molecule has 2 aromatic rings. The number of anilines is 1. The topological polar surface area (TPSA) is 125 Å². The van der Waals surface area contributed by atoms with Crippen LogP contribution < -0.4 is 10.6 Å². The van der Waals surface area contributed by atoms with E-state index in [2.05, 4.69) is 10.6 Å². The Labute approximate surface area is 268 Å². The van der Waals surface area contributed by atoms with E-state index in [1.165, 1.54) is 17.8 Å². The molecule has 3 aliphatic rings. The van der Waals surface area contributed by atoms with Gasteiger partial charge in [0.1, 0.15) is 23.2 Å². The van der Waals surface area contributed by atoms with Crippen molar-refractivity contribution in [2.75, 3.05) is 18.5 Å².